The summed E-state index contributed by atoms with van der Waals surface area (Å²) in [5.41, 5.74) is 0.486. The van der Waals surface area contributed by atoms with Crippen LogP contribution in [-0.4, -0.2) is 47.8 Å². The molecule has 25 heavy (non-hydrogen) atoms. The molecular formula is C18H20N2O5. The second-order valence-corrected chi connectivity index (χ2v) is 5.72. The number of rotatable bonds is 7. The molecule has 0 saturated carbocycles. The smallest absolute Gasteiger partial charge is 0.338 e. The van der Waals surface area contributed by atoms with E-state index < -0.39 is 30.3 Å². The van der Waals surface area contributed by atoms with Crippen LogP contribution >= 0.6 is 0 Å². The summed E-state index contributed by atoms with van der Waals surface area (Å²) in [5, 5.41) is 2.68. The highest BCUT2D eigenvalue weighted by Crippen LogP contribution is 2.24. The van der Waals surface area contributed by atoms with Gasteiger partial charge in [-0.3, -0.25) is 19.3 Å². The van der Waals surface area contributed by atoms with Gasteiger partial charge in [0.2, 0.25) is 0 Å². The number of carbonyl (C=O) groups is 4. The van der Waals surface area contributed by atoms with E-state index in [0.29, 0.717) is 0 Å². The Hall–Kier alpha value is -2.96. The van der Waals surface area contributed by atoms with Crippen molar-refractivity contribution in [2.24, 2.45) is 0 Å². The first-order valence-corrected chi connectivity index (χ1v) is 7.96. The summed E-state index contributed by atoms with van der Waals surface area (Å²) in [6.07, 6.45) is 2.22. The summed E-state index contributed by atoms with van der Waals surface area (Å²) in [4.78, 5) is 49.1. The Balaban J connectivity index is 2.07. The van der Waals surface area contributed by atoms with Crippen molar-refractivity contribution < 1.29 is 23.9 Å². The van der Waals surface area contributed by atoms with Crippen LogP contribution in [0.3, 0.4) is 0 Å². The summed E-state index contributed by atoms with van der Waals surface area (Å²) >= 11 is 0. The molecule has 0 aliphatic carbocycles. The lowest BCUT2D eigenvalue weighted by Crippen LogP contribution is -2.35. The largest absolute Gasteiger partial charge is 0.452 e. The number of esters is 1. The Morgan fingerprint density at radius 3 is 2.60 bits per heavy atom. The van der Waals surface area contributed by atoms with Crippen molar-refractivity contribution in [1.29, 1.82) is 0 Å². The van der Waals surface area contributed by atoms with Crippen molar-refractivity contribution in [2.75, 3.05) is 13.2 Å². The zero-order chi connectivity index (χ0) is 18.6. The fourth-order valence-corrected chi connectivity index (χ4v) is 2.35. The van der Waals surface area contributed by atoms with Crippen LogP contribution < -0.4 is 5.32 Å². The van der Waals surface area contributed by atoms with Gasteiger partial charge in [-0.05, 0) is 31.5 Å². The molecule has 132 valence electrons. The van der Waals surface area contributed by atoms with Crippen LogP contribution in [0.25, 0.3) is 0 Å². The lowest BCUT2D eigenvalue weighted by molar-refractivity contribution is -0.124. The van der Waals surface area contributed by atoms with Crippen molar-refractivity contribution in [3.8, 4) is 0 Å². The van der Waals surface area contributed by atoms with Crippen LogP contribution in [0.1, 0.15) is 51.3 Å². The van der Waals surface area contributed by atoms with Gasteiger partial charge in [-0.1, -0.05) is 13.0 Å². The predicted molar refractivity (Wildman–Crippen MR) is 90.2 cm³/mol. The molecule has 7 heteroatoms. The maximum absolute atomic E-state index is 12.2. The summed E-state index contributed by atoms with van der Waals surface area (Å²) in [7, 11) is 0. The van der Waals surface area contributed by atoms with Crippen LogP contribution in [0.15, 0.2) is 30.9 Å². The van der Waals surface area contributed by atoms with Gasteiger partial charge in [0.05, 0.1) is 16.7 Å². The Labute approximate surface area is 145 Å². The first-order chi connectivity index (χ1) is 11.9. The number of hydrogen-bond acceptors (Lipinski definition) is 5. The summed E-state index contributed by atoms with van der Waals surface area (Å²) in [5.74, 6) is -2.03. The van der Waals surface area contributed by atoms with Crippen molar-refractivity contribution >= 4 is 23.7 Å². The van der Waals surface area contributed by atoms with Crippen LogP contribution in [-0.2, 0) is 9.53 Å². The molecule has 1 aliphatic rings. The van der Waals surface area contributed by atoms with E-state index in [9.17, 15) is 19.2 Å². The van der Waals surface area contributed by atoms with Crippen molar-refractivity contribution in [2.45, 2.75) is 26.3 Å². The highest BCUT2D eigenvalue weighted by atomic mass is 16.5. The number of amides is 3. The average molecular weight is 344 g/mol. The second kappa shape index (κ2) is 7.74. The number of nitrogens with one attached hydrogen (secondary N) is 1. The quantitative estimate of drug-likeness (QED) is 0.460. The predicted octanol–water partition coefficient (Wildman–Crippen LogP) is 1.54. The number of benzene rings is 1. The van der Waals surface area contributed by atoms with Crippen LogP contribution in [0.4, 0.5) is 0 Å². The van der Waals surface area contributed by atoms with Gasteiger partial charge in [-0.25, -0.2) is 4.79 Å². The molecule has 3 amide bonds. The van der Waals surface area contributed by atoms with E-state index in [2.05, 4.69) is 11.9 Å². The molecule has 0 radical (unpaired) electrons. The molecule has 0 aromatic heterocycles. The van der Waals surface area contributed by atoms with Gasteiger partial charge >= 0.3 is 5.97 Å². The van der Waals surface area contributed by atoms with E-state index in [1.807, 2.05) is 13.8 Å². The monoisotopic (exact) mass is 344 g/mol. The fraction of sp³-hybridized carbons (Fsp3) is 0.333. The molecule has 1 heterocycles. The third kappa shape index (κ3) is 3.93. The molecule has 1 aromatic rings. The lowest BCUT2D eigenvalue weighted by atomic mass is 10.1. The molecule has 0 fully saturated rings. The topological polar surface area (TPSA) is 92.8 Å². The maximum atomic E-state index is 12.2. The number of ether oxygens (including phenoxy) is 1. The van der Waals surface area contributed by atoms with E-state index in [1.165, 1.54) is 24.3 Å². The standard InChI is InChI=1S/C18H20N2O5/c1-4-8-20-16(22)13-7-6-12(9-14(13)17(20)23)18(24)25-10-15(21)19-11(3)5-2/h4,6-7,9,11H,1,5,8,10H2,2-3H3,(H,19,21)/t11-/m0/s1. The Bertz CT molecular complexity index is 741. The van der Waals surface area contributed by atoms with E-state index in [0.717, 1.165) is 11.3 Å². The summed E-state index contributed by atoms with van der Waals surface area (Å²) in [6, 6.07) is 4.11. The molecule has 0 unspecified atom stereocenters. The van der Waals surface area contributed by atoms with Crippen LogP contribution in [0.5, 0.6) is 0 Å². The number of nitrogens with zero attached hydrogens (tertiary/aromatic N) is 1. The third-order valence-corrected chi connectivity index (χ3v) is 3.87. The van der Waals surface area contributed by atoms with Crippen LogP contribution in [0.2, 0.25) is 0 Å². The first kappa shape index (κ1) is 18.4. The van der Waals surface area contributed by atoms with Gasteiger partial charge in [0, 0.05) is 12.6 Å². The van der Waals surface area contributed by atoms with Crippen molar-refractivity contribution in [3.63, 3.8) is 0 Å². The number of fused-ring (bicyclic) bond motifs is 1. The Kier molecular flexibility index (Phi) is 5.69. The zero-order valence-electron chi connectivity index (χ0n) is 14.2. The van der Waals surface area contributed by atoms with E-state index >= 15 is 0 Å². The number of carbonyl (C=O) groups excluding carboxylic acids is 4. The Morgan fingerprint density at radius 2 is 1.96 bits per heavy atom. The minimum absolute atomic E-state index is 0.00864. The molecule has 0 saturated heterocycles. The second-order valence-electron chi connectivity index (χ2n) is 5.72. The molecule has 1 aliphatic heterocycles. The van der Waals surface area contributed by atoms with Gasteiger partial charge in [0.1, 0.15) is 0 Å². The minimum atomic E-state index is -0.732. The molecule has 7 nitrogen and oxygen atoms in total. The maximum Gasteiger partial charge on any atom is 0.338 e. The molecule has 2 rings (SSSR count). The van der Waals surface area contributed by atoms with Gasteiger partial charge in [0.25, 0.3) is 17.7 Å². The van der Waals surface area contributed by atoms with Gasteiger partial charge in [-0.15, -0.1) is 6.58 Å². The number of imide groups is 1. The molecule has 0 spiro atoms. The molecule has 1 N–H and O–H groups in total. The van der Waals surface area contributed by atoms with Gasteiger partial charge in [0.15, 0.2) is 6.61 Å². The lowest BCUT2D eigenvalue weighted by Gasteiger charge is -2.11. The SMILES string of the molecule is C=CCN1C(=O)c2ccc(C(=O)OCC(=O)N[C@@H](C)CC)cc2C1=O. The zero-order valence-corrected chi connectivity index (χ0v) is 14.2. The van der Waals surface area contributed by atoms with E-state index in [4.69, 9.17) is 4.74 Å². The van der Waals surface area contributed by atoms with E-state index in [1.54, 1.807) is 0 Å². The minimum Gasteiger partial charge on any atom is -0.452 e. The normalized spacial score (nSPS) is 14.1. The molecule has 0 bridgehead atoms. The summed E-state index contributed by atoms with van der Waals surface area (Å²) < 4.78 is 4.95. The molecule has 1 atom stereocenters. The molecule has 1 aromatic carbocycles. The van der Waals surface area contributed by atoms with Gasteiger partial charge < -0.3 is 10.1 Å². The third-order valence-electron chi connectivity index (χ3n) is 3.87. The van der Waals surface area contributed by atoms with E-state index in [-0.39, 0.29) is 29.3 Å². The average Bonchev–Trinajstić information content (AvgIpc) is 2.84. The summed E-state index contributed by atoms with van der Waals surface area (Å²) in [6.45, 7) is 6.97. The highest BCUT2D eigenvalue weighted by Gasteiger charge is 2.35. The van der Waals surface area contributed by atoms with Crippen LogP contribution in [0, 0.1) is 0 Å². The fourth-order valence-electron chi connectivity index (χ4n) is 2.35. The van der Waals surface area contributed by atoms with Crippen molar-refractivity contribution in [1.82, 2.24) is 10.2 Å². The van der Waals surface area contributed by atoms with Crippen molar-refractivity contribution in [3.05, 3.63) is 47.5 Å². The number of hydrogen-bond donors (Lipinski definition) is 1. The van der Waals surface area contributed by atoms with Gasteiger partial charge in [-0.2, -0.15) is 0 Å². The first-order valence-electron chi connectivity index (χ1n) is 7.96. The molecular weight excluding hydrogens is 324 g/mol. The Morgan fingerprint density at radius 1 is 1.28 bits per heavy atom. The highest BCUT2D eigenvalue weighted by molar-refractivity contribution is 6.22.